The molecule has 9 atom stereocenters. The highest BCUT2D eigenvalue weighted by atomic mass is 16.5. The number of fused-ring (bicyclic) bond motifs is 7. The molecule has 5 nitrogen and oxygen atoms in total. The number of hydrogen-bond acceptors (Lipinski definition) is 4. The number of aliphatic hydroxyl groups is 2. The molecule has 3 fully saturated rings. The largest absolute Gasteiger partial charge is 0.481 e. The van der Waals surface area contributed by atoms with Gasteiger partial charge in [0, 0.05) is 12.5 Å². The maximum absolute atomic E-state index is 12.3. The van der Waals surface area contributed by atoms with E-state index in [-0.39, 0.29) is 21.7 Å². The topological polar surface area (TPSA) is 87.0 Å². The van der Waals surface area contributed by atoms with Gasteiger partial charge >= 0.3 is 5.97 Å². The summed E-state index contributed by atoms with van der Waals surface area (Å²) < 4.78 is 5.83. The molecule has 5 rings (SSSR count). The number of hydrogen-bond donors (Lipinski definition) is 3. The molecule has 0 spiro atoms. The number of carboxylic acid groups (broad SMARTS) is 1. The van der Waals surface area contributed by atoms with Crippen molar-refractivity contribution >= 4 is 5.97 Å². The molecule has 0 aromatic heterocycles. The second kappa shape index (κ2) is 7.33. The van der Waals surface area contributed by atoms with Crippen molar-refractivity contribution in [1.82, 2.24) is 0 Å². The lowest BCUT2D eigenvalue weighted by molar-refractivity contribution is -0.178. The van der Waals surface area contributed by atoms with Crippen LogP contribution >= 0.6 is 0 Å². The number of aliphatic carboxylic acids is 1. The van der Waals surface area contributed by atoms with Crippen LogP contribution < -0.4 is 0 Å². The predicted molar refractivity (Wildman–Crippen MR) is 136 cm³/mol. The first-order valence-corrected chi connectivity index (χ1v) is 13.4. The van der Waals surface area contributed by atoms with E-state index in [4.69, 9.17) is 4.74 Å². The molecule has 3 N–H and O–H groups in total. The molecular weight excluding hydrogens is 440 g/mol. The smallest absolute Gasteiger partial charge is 0.309 e. The average molecular weight is 485 g/mol. The Bertz CT molecular complexity index is 1060. The SMILES string of the molecule is CO[C@@]1(C)C2=CC=C3[C@@](C)(CC[C@@]4(C)[C@@H]5C[C@](C)(C(=O)O)CC[C@]5(C)CC[C@]34C)C2=CC(O)C1O. The Morgan fingerprint density at radius 2 is 1.57 bits per heavy atom. The standard InChI is InChI=1S/C30H44O5/c1-25-10-11-26(2,24(33)34)17-22(25)29(5)15-13-27(3)19-16-20(31)23(32)30(6,35-7)18(19)8-9-21(27)28(29,4)14-12-25/h8-9,16,20,22-23,31-32H,10-15,17H2,1-7H3,(H,33,34)/t20?,22-,23?,25-,26-,27+,28-,29+,30+/m1/s1. The van der Waals surface area contributed by atoms with Crippen molar-refractivity contribution < 1.29 is 24.9 Å². The van der Waals surface area contributed by atoms with Crippen molar-refractivity contribution in [3.63, 3.8) is 0 Å². The molecule has 3 saturated carbocycles. The van der Waals surface area contributed by atoms with Gasteiger partial charge in [-0.2, -0.15) is 0 Å². The molecule has 5 aliphatic carbocycles. The summed E-state index contributed by atoms with van der Waals surface area (Å²) in [6.07, 6.45) is 10.9. The molecule has 194 valence electrons. The Morgan fingerprint density at radius 3 is 2.20 bits per heavy atom. The minimum atomic E-state index is -1.02. The van der Waals surface area contributed by atoms with Gasteiger partial charge in [0.15, 0.2) is 0 Å². The van der Waals surface area contributed by atoms with E-state index >= 15 is 0 Å². The summed E-state index contributed by atoms with van der Waals surface area (Å²) in [5, 5.41) is 31.8. The summed E-state index contributed by atoms with van der Waals surface area (Å²) in [4.78, 5) is 12.3. The van der Waals surface area contributed by atoms with Crippen molar-refractivity contribution in [1.29, 1.82) is 0 Å². The third kappa shape index (κ3) is 2.95. The molecule has 2 unspecified atom stereocenters. The fraction of sp³-hybridized carbons (Fsp3) is 0.767. The molecular formula is C30H44O5. The van der Waals surface area contributed by atoms with Gasteiger partial charge in [-0.05, 0) is 98.2 Å². The summed E-state index contributed by atoms with van der Waals surface area (Å²) in [7, 11) is 1.60. The van der Waals surface area contributed by atoms with Crippen LogP contribution in [0.5, 0.6) is 0 Å². The van der Waals surface area contributed by atoms with E-state index in [1.807, 2.05) is 19.9 Å². The number of carbonyl (C=O) groups is 1. The zero-order valence-electron chi connectivity index (χ0n) is 22.6. The zero-order chi connectivity index (χ0) is 25.8. The van der Waals surface area contributed by atoms with Crippen molar-refractivity contribution in [2.24, 2.45) is 33.0 Å². The number of methoxy groups -OCH3 is 1. The fourth-order valence-corrected chi connectivity index (χ4v) is 9.26. The minimum Gasteiger partial charge on any atom is -0.481 e. The molecule has 0 saturated heterocycles. The summed E-state index contributed by atoms with van der Waals surface area (Å²) in [5.41, 5.74) is 1.67. The van der Waals surface area contributed by atoms with Gasteiger partial charge in [-0.25, -0.2) is 0 Å². The van der Waals surface area contributed by atoms with Gasteiger partial charge in [-0.1, -0.05) is 45.4 Å². The fourth-order valence-electron chi connectivity index (χ4n) is 9.26. The van der Waals surface area contributed by atoms with Crippen LogP contribution in [0.1, 0.15) is 86.5 Å². The lowest BCUT2D eigenvalue weighted by atomic mass is 9.34. The summed E-state index contributed by atoms with van der Waals surface area (Å²) in [6.45, 7) is 13.4. The van der Waals surface area contributed by atoms with Crippen LogP contribution in [-0.2, 0) is 9.53 Å². The van der Waals surface area contributed by atoms with E-state index in [1.165, 1.54) is 5.57 Å². The van der Waals surface area contributed by atoms with E-state index in [2.05, 4.69) is 39.8 Å². The highest BCUT2D eigenvalue weighted by Crippen LogP contribution is 2.75. The van der Waals surface area contributed by atoms with Crippen LogP contribution in [0.4, 0.5) is 0 Å². The van der Waals surface area contributed by atoms with E-state index < -0.39 is 29.2 Å². The van der Waals surface area contributed by atoms with E-state index in [0.717, 1.165) is 56.1 Å². The van der Waals surface area contributed by atoms with Crippen molar-refractivity contribution in [2.45, 2.75) is 104 Å². The van der Waals surface area contributed by atoms with Gasteiger partial charge in [0.1, 0.15) is 17.8 Å². The van der Waals surface area contributed by atoms with E-state index in [9.17, 15) is 20.1 Å². The number of rotatable bonds is 2. The van der Waals surface area contributed by atoms with Crippen LogP contribution in [0.2, 0.25) is 0 Å². The van der Waals surface area contributed by atoms with E-state index in [0.29, 0.717) is 5.92 Å². The van der Waals surface area contributed by atoms with Crippen LogP contribution in [0.15, 0.2) is 34.9 Å². The first kappa shape index (κ1) is 25.2. The Morgan fingerprint density at radius 1 is 0.914 bits per heavy atom. The van der Waals surface area contributed by atoms with Gasteiger partial charge in [0.2, 0.25) is 0 Å². The van der Waals surface area contributed by atoms with Crippen LogP contribution in [0.3, 0.4) is 0 Å². The molecule has 0 bridgehead atoms. The van der Waals surface area contributed by atoms with Gasteiger partial charge < -0.3 is 20.1 Å². The van der Waals surface area contributed by atoms with Gasteiger partial charge in [0.25, 0.3) is 0 Å². The Labute approximate surface area is 210 Å². The third-order valence-electron chi connectivity index (χ3n) is 12.3. The average Bonchev–Trinajstić information content (AvgIpc) is 2.81. The van der Waals surface area contributed by atoms with Crippen molar-refractivity contribution in [3.05, 3.63) is 34.9 Å². The highest BCUT2D eigenvalue weighted by molar-refractivity contribution is 5.74. The summed E-state index contributed by atoms with van der Waals surface area (Å²) in [6, 6.07) is 0. The Kier molecular flexibility index (Phi) is 5.28. The van der Waals surface area contributed by atoms with Gasteiger partial charge in [-0.3, -0.25) is 4.79 Å². The zero-order valence-corrected chi connectivity index (χ0v) is 22.6. The molecule has 0 aromatic carbocycles. The van der Waals surface area contributed by atoms with Gasteiger partial charge in [0.05, 0.1) is 5.41 Å². The van der Waals surface area contributed by atoms with Crippen molar-refractivity contribution in [3.8, 4) is 0 Å². The summed E-state index contributed by atoms with van der Waals surface area (Å²) in [5.74, 6) is -0.310. The normalized spacial score (nSPS) is 53.2. The first-order valence-electron chi connectivity index (χ1n) is 13.4. The first-order chi connectivity index (χ1) is 16.1. The maximum Gasteiger partial charge on any atom is 0.309 e. The van der Waals surface area contributed by atoms with Crippen LogP contribution in [-0.4, -0.2) is 46.2 Å². The second-order valence-electron chi connectivity index (χ2n) is 13.8. The monoisotopic (exact) mass is 484 g/mol. The molecule has 0 amide bonds. The molecule has 0 radical (unpaired) electrons. The molecule has 5 heteroatoms. The minimum absolute atomic E-state index is 0.00820. The molecule has 0 aromatic rings. The van der Waals surface area contributed by atoms with Crippen LogP contribution in [0.25, 0.3) is 0 Å². The molecule has 5 aliphatic rings. The highest BCUT2D eigenvalue weighted by Gasteiger charge is 2.68. The number of ether oxygens (including phenoxy) is 1. The predicted octanol–water partition coefficient (Wildman–Crippen LogP) is 5.42. The third-order valence-corrected chi connectivity index (χ3v) is 12.3. The molecule has 35 heavy (non-hydrogen) atoms. The molecule has 0 heterocycles. The Balaban J connectivity index is 1.64. The lowest BCUT2D eigenvalue weighted by Crippen LogP contribution is -2.63. The second-order valence-corrected chi connectivity index (χ2v) is 13.8. The number of carboxylic acids is 1. The van der Waals surface area contributed by atoms with Crippen LogP contribution in [0, 0.1) is 33.0 Å². The number of allylic oxidation sites excluding steroid dienone is 3. The number of aliphatic hydroxyl groups excluding tert-OH is 2. The van der Waals surface area contributed by atoms with Gasteiger partial charge in [-0.15, -0.1) is 0 Å². The maximum atomic E-state index is 12.3. The molecule has 0 aliphatic heterocycles. The lowest BCUT2D eigenvalue weighted by Gasteiger charge is -2.70. The Hall–Kier alpha value is -1.43. The summed E-state index contributed by atoms with van der Waals surface area (Å²) >= 11 is 0. The van der Waals surface area contributed by atoms with Crippen molar-refractivity contribution in [2.75, 3.05) is 7.11 Å². The van der Waals surface area contributed by atoms with E-state index in [1.54, 1.807) is 7.11 Å². The quantitative estimate of drug-likeness (QED) is 0.487.